The summed E-state index contributed by atoms with van der Waals surface area (Å²) in [4.78, 5) is 13.7. The fourth-order valence-electron chi connectivity index (χ4n) is 2.48. The highest BCUT2D eigenvalue weighted by molar-refractivity contribution is 6.30. The second-order valence-electron chi connectivity index (χ2n) is 5.88. The van der Waals surface area contributed by atoms with E-state index in [1.807, 2.05) is 12.1 Å². The molecule has 0 radical (unpaired) electrons. The maximum Gasteiger partial charge on any atom is 0.221 e. The van der Waals surface area contributed by atoms with E-state index in [1.165, 1.54) is 5.56 Å². The van der Waals surface area contributed by atoms with Gasteiger partial charge in [-0.1, -0.05) is 31.5 Å². The fourth-order valence-corrected chi connectivity index (χ4v) is 2.65. The molecule has 1 fully saturated rings. The number of carbonyl (C=O) groups excluding carboxylic acids is 1. The predicted molar refractivity (Wildman–Crippen MR) is 87.8 cm³/mol. The minimum atomic E-state index is 0.124. The maximum absolute atomic E-state index is 11.5. The van der Waals surface area contributed by atoms with Crippen LogP contribution in [-0.2, 0) is 11.3 Å². The number of carbonyl (C=O) groups is 1. The van der Waals surface area contributed by atoms with Crippen LogP contribution in [0.4, 0.5) is 5.69 Å². The first-order valence-electron chi connectivity index (χ1n) is 7.57. The Morgan fingerprint density at radius 2 is 2.19 bits per heavy atom. The molecule has 0 saturated carbocycles. The predicted octanol–water partition coefficient (Wildman–Crippen LogP) is 2.41. The molecule has 2 N–H and O–H groups in total. The molecule has 116 valence electrons. The summed E-state index contributed by atoms with van der Waals surface area (Å²) in [7, 11) is 0. The van der Waals surface area contributed by atoms with E-state index in [9.17, 15) is 4.79 Å². The summed E-state index contributed by atoms with van der Waals surface area (Å²) < 4.78 is 0. The van der Waals surface area contributed by atoms with Crippen molar-refractivity contribution >= 4 is 23.2 Å². The van der Waals surface area contributed by atoms with E-state index in [0.717, 1.165) is 36.9 Å². The highest BCUT2D eigenvalue weighted by Gasteiger charge is 2.16. The quantitative estimate of drug-likeness (QED) is 0.878. The van der Waals surface area contributed by atoms with Crippen LogP contribution in [0.15, 0.2) is 18.2 Å². The first-order chi connectivity index (χ1) is 10.1. The number of anilines is 1. The average molecular weight is 310 g/mol. The molecule has 1 heterocycles. The third-order valence-corrected chi connectivity index (χ3v) is 3.80. The molecular weight excluding hydrogens is 286 g/mol. The Bertz CT molecular complexity index is 490. The molecule has 0 atom stereocenters. The highest BCUT2D eigenvalue weighted by atomic mass is 35.5. The zero-order valence-electron chi connectivity index (χ0n) is 12.8. The molecule has 2 rings (SSSR count). The Balaban J connectivity index is 2.12. The van der Waals surface area contributed by atoms with Crippen LogP contribution in [0.3, 0.4) is 0 Å². The zero-order chi connectivity index (χ0) is 15.2. The van der Waals surface area contributed by atoms with Crippen LogP contribution < -0.4 is 15.5 Å². The second-order valence-corrected chi connectivity index (χ2v) is 6.32. The van der Waals surface area contributed by atoms with Crippen LogP contribution in [0.1, 0.15) is 25.8 Å². The van der Waals surface area contributed by atoms with Gasteiger partial charge in [0.2, 0.25) is 5.91 Å². The van der Waals surface area contributed by atoms with Crippen molar-refractivity contribution in [2.24, 2.45) is 5.92 Å². The molecule has 0 aliphatic carbocycles. The van der Waals surface area contributed by atoms with Crippen molar-refractivity contribution in [2.75, 3.05) is 31.1 Å². The summed E-state index contributed by atoms with van der Waals surface area (Å²) >= 11 is 6.16. The monoisotopic (exact) mass is 309 g/mol. The summed E-state index contributed by atoms with van der Waals surface area (Å²) in [5.41, 5.74) is 2.37. The highest BCUT2D eigenvalue weighted by Crippen LogP contribution is 2.25. The van der Waals surface area contributed by atoms with Gasteiger partial charge in [0.05, 0.1) is 0 Å². The van der Waals surface area contributed by atoms with E-state index >= 15 is 0 Å². The number of nitrogens with one attached hydrogen (secondary N) is 2. The van der Waals surface area contributed by atoms with Gasteiger partial charge in [-0.2, -0.15) is 0 Å². The Morgan fingerprint density at radius 3 is 2.95 bits per heavy atom. The molecule has 1 amide bonds. The SMILES string of the molecule is CC(C)CNCc1ccc(Cl)cc1N1CCNC(=O)CC1. The van der Waals surface area contributed by atoms with E-state index in [0.29, 0.717) is 18.9 Å². The summed E-state index contributed by atoms with van der Waals surface area (Å²) in [5, 5.41) is 7.12. The number of rotatable bonds is 5. The lowest BCUT2D eigenvalue weighted by molar-refractivity contribution is -0.120. The number of nitrogens with zero attached hydrogens (tertiary/aromatic N) is 1. The van der Waals surface area contributed by atoms with Gasteiger partial charge in [0.25, 0.3) is 0 Å². The van der Waals surface area contributed by atoms with Gasteiger partial charge in [0, 0.05) is 43.3 Å². The van der Waals surface area contributed by atoms with Crippen LogP contribution in [0, 0.1) is 5.92 Å². The molecule has 0 spiro atoms. The van der Waals surface area contributed by atoms with Crippen LogP contribution >= 0.6 is 11.6 Å². The van der Waals surface area contributed by atoms with Gasteiger partial charge in [0.15, 0.2) is 0 Å². The number of amides is 1. The molecule has 1 aromatic carbocycles. The molecule has 1 aliphatic rings. The third kappa shape index (κ3) is 4.90. The summed E-state index contributed by atoms with van der Waals surface area (Å²) in [5.74, 6) is 0.750. The van der Waals surface area contributed by atoms with E-state index in [4.69, 9.17) is 11.6 Å². The second kappa shape index (κ2) is 7.66. The largest absolute Gasteiger partial charge is 0.369 e. The van der Waals surface area contributed by atoms with Crippen LogP contribution in [0.5, 0.6) is 0 Å². The molecule has 21 heavy (non-hydrogen) atoms. The number of hydrogen-bond acceptors (Lipinski definition) is 3. The Morgan fingerprint density at radius 1 is 1.38 bits per heavy atom. The topological polar surface area (TPSA) is 44.4 Å². The number of hydrogen-bond donors (Lipinski definition) is 2. The van der Waals surface area contributed by atoms with Crippen molar-refractivity contribution in [3.05, 3.63) is 28.8 Å². The average Bonchev–Trinajstić information content (AvgIpc) is 2.65. The van der Waals surface area contributed by atoms with Crippen LogP contribution in [-0.4, -0.2) is 32.1 Å². The molecule has 0 aromatic heterocycles. The van der Waals surface area contributed by atoms with E-state index in [-0.39, 0.29) is 5.91 Å². The summed E-state index contributed by atoms with van der Waals surface area (Å²) in [6.45, 7) is 8.45. The van der Waals surface area contributed by atoms with Gasteiger partial charge in [-0.3, -0.25) is 4.79 Å². The maximum atomic E-state index is 11.5. The number of halogens is 1. The van der Waals surface area contributed by atoms with E-state index < -0.39 is 0 Å². The van der Waals surface area contributed by atoms with Gasteiger partial charge in [-0.05, 0) is 30.2 Å². The van der Waals surface area contributed by atoms with Crippen molar-refractivity contribution < 1.29 is 4.79 Å². The van der Waals surface area contributed by atoms with Gasteiger partial charge in [-0.25, -0.2) is 0 Å². The van der Waals surface area contributed by atoms with E-state index in [2.05, 4.69) is 35.4 Å². The van der Waals surface area contributed by atoms with Crippen LogP contribution in [0.2, 0.25) is 5.02 Å². The first kappa shape index (κ1) is 16.1. The lowest BCUT2D eigenvalue weighted by Gasteiger charge is -2.25. The van der Waals surface area contributed by atoms with Crippen molar-refractivity contribution in [1.82, 2.24) is 10.6 Å². The fraction of sp³-hybridized carbons (Fsp3) is 0.562. The first-order valence-corrected chi connectivity index (χ1v) is 7.95. The molecule has 0 bridgehead atoms. The Kier molecular flexibility index (Phi) is 5.88. The Labute approximate surface area is 131 Å². The molecule has 4 nitrogen and oxygen atoms in total. The van der Waals surface area contributed by atoms with Crippen molar-refractivity contribution in [2.45, 2.75) is 26.8 Å². The van der Waals surface area contributed by atoms with Gasteiger partial charge in [0.1, 0.15) is 0 Å². The molecule has 0 unspecified atom stereocenters. The van der Waals surface area contributed by atoms with Crippen LogP contribution in [0.25, 0.3) is 0 Å². The standard InChI is InChI=1S/C16H24ClN3O/c1-12(2)10-18-11-13-3-4-14(17)9-15(13)20-7-5-16(21)19-6-8-20/h3-4,9,12,18H,5-8,10-11H2,1-2H3,(H,19,21). The molecule has 1 aromatic rings. The van der Waals surface area contributed by atoms with Crippen molar-refractivity contribution in [3.63, 3.8) is 0 Å². The van der Waals surface area contributed by atoms with Crippen molar-refractivity contribution in [3.8, 4) is 0 Å². The normalized spacial score (nSPS) is 16.0. The Hall–Kier alpha value is -1.26. The molecule has 1 aliphatic heterocycles. The van der Waals surface area contributed by atoms with Gasteiger partial charge in [-0.15, -0.1) is 0 Å². The molecule has 5 heteroatoms. The minimum absolute atomic E-state index is 0.124. The molecule has 1 saturated heterocycles. The van der Waals surface area contributed by atoms with Crippen molar-refractivity contribution in [1.29, 1.82) is 0 Å². The zero-order valence-corrected chi connectivity index (χ0v) is 13.5. The number of benzene rings is 1. The third-order valence-electron chi connectivity index (χ3n) is 3.57. The summed E-state index contributed by atoms with van der Waals surface area (Å²) in [6.07, 6.45) is 0.533. The summed E-state index contributed by atoms with van der Waals surface area (Å²) in [6, 6.07) is 6.01. The van der Waals surface area contributed by atoms with Gasteiger partial charge >= 0.3 is 0 Å². The van der Waals surface area contributed by atoms with E-state index in [1.54, 1.807) is 0 Å². The lowest BCUT2D eigenvalue weighted by Crippen LogP contribution is -2.30. The lowest BCUT2D eigenvalue weighted by atomic mass is 10.1. The minimum Gasteiger partial charge on any atom is -0.369 e. The van der Waals surface area contributed by atoms with Gasteiger partial charge < -0.3 is 15.5 Å². The molecular formula is C16H24ClN3O. The smallest absolute Gasteiger partial charge is 0.221 e.